The Morgan fingerprint density at radius 2 is 2.20 bits per heavy atom. The second kappa shape index (κ2) is 7.20. The molecule has 0 aliphatic carbocycles. The molecule has 0 radical (unpaired) electrons. The van der Waals surface area contributed by atoms with Gasteiger partial charge in [-0.05, 0) is 19.1 Å². The van der Waals surface area contributed by atoms with Gasteiger partial charge in [-0.2, -0.15) is 0 Å². The second-order valence-electron chi connectivity index (χ2n) is 3.72. The first kappa shape index (κ1) is 14.7. The fraction of sp³-hybridized carbons (Fsp3) is 0.250. The fourth-order valence-corrected chi connectivity index (χ4v) is 2.97. The summed E-state index contributed by atoms with van der Waals surface area (Å²) in [6, 6.07) is 6.35. The molecule has 2 rings (SSSR count). The summed E-state index contributed by atoms with van der Waals surface area (Å²) in [5.74, 6) is -0.0992. The van der Waals surface area contributed by atoms with E-state index in [2.05, 4.69) is 20.8 Å². The molecular formula is C12H13FN4OS2. The summed E-state index contributed by atoms with van der Waals surface area (Å²) in [5.41, 5.74) is 0.351. The van der Waals surface area contributed by atoms with Crippen molar-refractivity contribution in [3.8, 4) is 0 Å². The lowest BCUT2D eigenvalue weighted by Gasteiger charge is -2.01. The summed E-state index contributed by atoms with van der Waals surface area (Å²) in [6.45, 7) is 2.47. The van der Waals surface area contributed by atoms with Crippen LogP contribution in [-0.2, 0) is 4.79 Å². The molecule has 2 aromatic rings. The number of carbonyl (C=O) groups excluding carboxylic acids is 1. The Balaban J connectivity index is 1.92. The van der Waals surface area contributed by atoms with Crippen LogP contribution in [0.2, 0.25) is 0 Å². The number of benzene rings is 1. The van der Waals surface area contributed by atoms with E-state index in [1.807, 2.05) is 6.92 Å². The molecule has 1 heterocycles. The van der Waals surface area contributed by atoms with Gasteiger partial charge in [-0.3, -0.25) is 4.79 Å². The zero-order chi connectivity index (χ0) is 14.4. The molecular weight excluding hydrogens is 299 g/mol. The maximum atomic E-state index is 13.5. The third-order valence-electron chi connectivity index (χ3n) is 2.22. The van der Waals surface area contributed by atoms with E-state index in [-0.39, 0.29) is 11.7 Å². The molecule has 0 aliphatic heterocycles. The highest BCUT2D eigenvalue weighted by Crippen LogP contribution is 2.28. The Hall–Kier alpha value is -1.67. The molecule has 0 saturated heterocycles. The summed E-state index contributed by atoms with van der Waals surface area (Å²) in [7, 11) is 0. The highest BCUT2D eigenvalue weighted by atomic mass is 32.2. The van der Waals surface area contributed by atoms with Crippen LogP contribution in [0.15, 0.2) is 28.6 Å². The molecule has 8 heteroatoms. The normalized spacial score (nSPS) is 10.3. The number of carbonyl (C=O) groups is 1. The van der Waals surface area contributed by atoms with Gasteiger partial charge in [0, 0.05) is 6.54 Å². The lowest BCUT2D eigenvalue weighted by atomic mass is 10.3. The van der Waals surface area contributed by atoms with Crippen molar-refractivity contribution in [1.82, 2.24) is 15.5 Å². The van der Waals surface area contributed by atoms with E-state index in [9.17, 15) is 9.18 Å². The maximum Gasteiger partial charge on any atom is 0.230 e. The molecule has 0 fully saturated rings. The van der Waals surface area contributed by atoms with Crippen molar-refractivity contribution in [3.05, 3.63) is 30.1 Å². The second-order valence-corrected chi connectivity index (χ2v) is 5.92. The average Bonchev–Trinajstić information content (AvgIpc) is 2.87. The maximum absolute atomic E-state index is 13.5. The van der Waals surface area contributed by atoms with Crippen molar-refractivity contribution in [2.45, 2.75) is 11.3 Å². The third-order valence-corrected chi connectivity index (χ3v) is 4.19. The molecule has 5 nitrogen and oxygen atoms in total. The molecule has 2 N–H and O–H groups in total. The van der Waals surface area contributed by atoms with Crippen molar-refractivity contribution in [2.24, 2.45) is 0 Å². The minimum Gasteiger partial charge on any atom is -0.356 e. The van der Waals surface area contributed by atoms with E-state index in [0.717, 1.165) is 0 Å². The molecule has 0 saturated carbocycles. The Bertz CT molecular complexity index is 590. The predicted octanol–water partition coefficient (Wildman–Crippen LogP) is 2.65. The van der Waals surface area contributed by atoms with E-state index in [1.165, 1.54) is 29.2 Å². The van der Waals surface area contributed by atoms with Crippen molar-refractivity contribution >= 4 is 39.8 Å². The van der Waals surface area contributed by atoms with Crippen LogP contribution in [0.1, 0.15) is 6.92 Å². The van der Waals surface area contributed by atoms with E-state index in [4.69, 9.17) is 0 Å². The summed E-state index contributed by atoms with van der Waals surface area (Å²) < 4.78 is 14.1. The molecule has 106 valence electrons. The van der Waals surface area contributed by atoms with Gasteiger partial charge in [0.05, 0.1) is 11.4 Å². The SMILES string of the molecule is CCNC(=O)CSc1nnc(Nc2ccccc2F)s1. The van der Waals surface area contributed by atoms with Gasteiger partial charge < -0.3 is 10.6 Å². The smallest absolute Gasteiger partial charge is 0.230 e. The molecule has 0 spiro atoms. The van der Waals surface area contributed by atoms with Crippen molar-refractivity contribution in [2.75, 3.05) is 17.6 Å². The van der Waals surface area contributed by atoms with Crippen molar-refractivity contribution in [3.63, 3.8) is 0 Å². The topological polar surface area (TPSA) is 66.9 Å². The predicted molar refractivity (Wildman–Crippen MR) is 79.0 cm³/mol. The Labute approximate surface area is 124 Å². The summed E-state index contributed by atoms with van der Waals surface area (Å²) in [6.07, 6.45) is 0. The number of para-hydroxylation sites is 1. The lowest BCUT2D eigenvalue weighted by Crippen LogP contribution is -2.24. The average molecular weight is 312 g/mol. The van der Waals surface area contributed by atoms with Crippen molar-refractivity contribution < 1.29 is 9.18 Å². The summed E-state index contributed by atoms with van der Waals surface area (Å²) in [4.78, 5) is 11.3. The minimum atomic E-state index is -0.348. The number of hydrogen-bond donors (Lipinski definition) is 2. The number of halogens is 1. The summed E-state index contributed by atoms with van der Waals surface area (Å²) >= 11 is 2.58. The summed E-state index contributed by atoms with van der Waals surface area (Å²) in [5, 5.41) is 13.9. The lowest BCUT2D eigenvalue weighted by molar-refractivity contribution is -0.118. The van der Waals surface area contributed by atoms with Crippen LogP contribution >= 0.6 is 23.1 Å². The van der Waals surface area contributed by atoms with Crippen LogP contribution in [0.5, 0.6) is 0 Å². The number of rotatable bonds is 6. The number of amides is 1. The van der Waals surface area contributed by atoms with Crippen LogP contribution in [-0.4, -0.2) is 28.4 Å². The molecule has 0 bridgehead atoms. The number of nitrogens with one attached hydrogen (secondary N) is 2. The first-order valence-corrected chi connectivity index (χ1v) is 7.74. The molecule has 0 atom stereocenters. The molecule has 1 aromatic heterocycles. The van der Waals surface area contributed by atoms with Crippen LogP contribution in [0.4, 0.5) is 15.2 Å². The van der Waals surface area contributed by atoms with Gasteiger partial charge in [-0.15, -0.1) is 10.2 Å². The number of aromatic nitrogens is 2. The number of thioether (sulfide) groups is 1. The first-order chi connectivity index (χ1) is 9.69. The standard InChI is InChI=1S/C12H13FN4OS2/c1-2-14-10(18)7-19-12-17-16-11(20-12)15-9-6-4-3-5-8(9)13/h3-6H,2,7H2,1H3,(H,14,18)(H,15,16). The monoisotopic (exact) mass is 312 g/mol. The third kappa shape index (κ3) is 4.17. The molecule has 20 heavy (non-hydrogen) atoms. The first-order valence-electron chi connectivity index (χ1n) is 5.93. The minimum absolute atomic E-state index is 0.0451. The molecule has 1 amide bonds. The van der Waals surface area contributed by atoms with Gasteiger partial charge in [0.25, 0.3) is 0 Å². The van der Waals surface area contributed by atoms with Crippen LogP contribution in [0.25, 0.3) is 0 Å². The molecule has 0 aliphatic rings. The van der Waals surface area contributed by atoms with Crippen molar-refractivity contribution in [1.29, 1.82) is 0 Å². The van der Waals surface area contributed by atoms with Gasteiger partial charge in [0.1, 0.15) is 5.82 Å². The fourth-order valence-electron chi connectivity index (χ4n) is 1.37. The highest BCUT2D eigenvalue weighted by molar-refractivity contribution is 8.01. The molecule has 0 unspecified atom stereocenters. The zero-order valence-corrected chi connectivity index (χ0v) is 12.4. The van der Waals surface area contributed by atoms with Crippen LogP contribution in [0.3, 0.4) is 0 Å². The Morgan fingerprint density at radius 3 is 2.95 bits per heavy atom. The van der Waals surface area contributed by atoms with Gasteiger partial charge in [0.2, 0.25) is 11.0 Å². The van der Waals surface area contributed by atoms with Crippen LogP contribution < -0.4 is 10.6 Å². The largest absolute Gasteiger partial charge is 0.356 e. The van der Waals surface area contributed by atoms with Crippen LogP contribution in [0, 0.1) is 5.82 Å². The number of anilines is 2. The van der Waals surface area contributed by atoms with E-state index >= 15 is 0 Å². The zero-order valence-electron chi connectivity index (χ0n) is 10.7. The number of nitrogens with zero attached hydrogens (tertiary/aromatic N) is 2. The van der Waals surface area contributed by atoms with Gasteiger partial charge in [-0.1, -0.05) is 35.2 Å². The van der Waals surface area contributed by atoms with Gasteiger partial charge >= 0.3 is 0 Å². The highest BCUT2D eigenvalue weighted by Gasteiger charge is 2.09. The Kier molecular flexibility index (Phi) is 5.31. The van der Waals surface area contributed by atoms with Gasteiger partial charge in [0.15, 0.2) is 4.34 Å². The van der Waals surface area contributed by atoms with E-state index < -0.39 is 0 Å². The van der Waals surface area contributed by atoms with E-state index in [1.54, 1.807) is 18.2 Å². The van der Waals surface area contributed by atoms with Gasteiger partial charge in [-0.25, -0.2) is 4.39 Å². The molecule has 1 aromatic carbocycles. The Morgan fingerprint density at radius 1 is 1.40 bits per heavy atom. The number of hydrogen-bond acceptors (Lipinski definition) is 6. The quantitative estimate of drug-likeness (QED) is 0.803. The van der Waals surface area contributed by atoms with E-state index in [0.29, 0.717) is 27.5 Å².